The van der Waals surface area contributed by atoms with E-state index in [-0.39, 0.29) is 18.0 Å². The van der Waals surface area contributed by atoms with Gasteiger partial charge in [-0.05, 0) is 56.7 Å². The summed E-state index contributed by atoms with van der Waals surface area (Å²) in [4.78, 5) is 36.8. The fraction of sp³-hybridized carbons (Fsp3) is 0.217. The van der Waals surface area contributed by atoms with Crippen LogP contribution in [0.2, 0.25) is 5.02 Å². The second kappa shape index (κ2) is 10.1. The SMILES string of the molecule is CCOC(=O)c1cccc(NC(=O)[C@@H](C)Oc2ccc(=O)n(-c3cc(Cl)ccc3C)n2)c1. The molecular formula is C23H22ClN3O5. The summed E-state index contributed by atoms with van der Waals surface area (Å²) in [5.74, 6) is -0.841. The second-order valence-electron chi connectivity index (χ2n) is 6.90. The molecule has 1 aromatic heterocycles. The highest BCUT2D eigenvalue weighted by Gasteiger charge is 2.18. The second-order valence-corrected chi connectivity index (χ2v) is 7.34. The fourth-order valence-corrected chi connectivity index (χ4v) is 3.02. The van der Waals surface area contributed by atoms with Crippen LogP contribution in [0, 0.1) is 6.92 Å². The molecule has 1 N–H and O–H groups in total. The molecule has 3 aromatic rings. The Morgan fingerprint density at radius 2 is 1.94 bits per heavy atom. The summed E-state index contributed by atoms with van der Waals surface area (Å²) < 4.78 is 11.8. The van der Waals surface area contributed by atoms with E-state index >= 15 is 0 Å². The number of aromatic nitrogens is 2. The molecule has 0 saturated heterocycles. The van der Waals surface area contributed by atoms with Crippen molar-refractivity contribution in [1.82, 2.24) is 9.78 Å². The molecule has 0 unspecified atom stereocenters. The van der Waals surface area contributed by atoms with Crippen molar-refractivity contribution in [3.05, 3.63) is 81.1 Å². The third-order valence-corrected chi connectivity index (χ3v) is 4.72. The number of amides is 1. The first-order valence-electron chi connectivity index (χ1n) is 9.90. The van der Waals surface area contributed by atoms with Gasteiger partial charge in [-0.25, -0.2) is 4.79 Å². The van der Waals surface area contributed by atoms with Gasteiger partial charge in [0, 0.05) is 22.8 Å². The van der Waals surface area contributed by atoms with Crippen LogP contribution in [0.3, 0.4) is 0 Å². The number of aryl methyl sites for hydroxylation is 1. The fourth-order valence-electron chi connectivity index (χ4n) is 2.86. The lowest BCUT2D eigenvalue weighted by atomic mass is 10.2. The van der Waals surface area contributed by atoms with E-state index in [1.807, 2.05) is 6.92 Å². The summed E-state index contributed by atoms with van der Waals surface area (Å²) in [5, 5.41) is 7.36. The van der Waals surface area contributed by atoms with Gasteiger partial charge in [-0.3, -0.25) is 9.59 Å². The van der Waals surface area contributed by atoms with Gasteiger partial charge in [-0.1, -0.05) is 23.7 Å². The van der Waals surface area contributed by atoms with E-state index in [0.717, 1.165) is 5.56 Å². The van der Waals surface area contributed by atoms with E-state index < -0.39 is 18.0 Å². The van der Waals surface area contributed by atoms with Crippen molar-refractivity contribution in [3.63, 3.8) is 0 Å². The van der Waals surface area contributed by atoms with Crippen LogP contribution in [-0.4, -0.2) is 34.4 Å². The van der Waals surface area contributed by atoms with Crippen molar-refractivity contribution in [2.45, 2.75) is 26.9 Å². The molecule has 1 heterocycles. The summed E-state index contributed by atoms with van der Waals surface area (Å²) in [7, 11) is 0. The number of rotatable bonds is 7. The van der Waals surface area contributed by atoms with E-state index in [2.05, 4.69) is 10.4 Å². The van der Waals surface area contributed by atoms with Gasteiger partial charge in [0.25, 0.3) is 11.5 Å². The maximum atomic E-state index is 12.6. The van der Waals surface area contributed by atoms with Crippen LogP contribution in [0.1, 0.15) is 29.8 Å². The van der Waals surface area contributed by atoms with Gasteiger partial charge in [-0.2, -0.15) is 4.68 Å². The minimum Gasteiger partial charge on any atom is -0.463 e. The molecule has 0 bridgehead atoms. The van der Waals surface area contributed by atoms with Gasteiger partial charge in [0.15, 0.2) is 6.10 Å². The Bertz CT molecular complexity index is 1210. The molecule has 166 valence electrons. The molecule has 1 amide bonds. The molecule has 0 radical (unpaired) electrons. The Morgan fingerprint density at radius 1 is 1.16 bits per heavy atom. The van der Waals surface area contributed by atoms with Crippen LogP contribution in [0.5, 0.6) is 5.88 Å². The zero-order valence-electron chi connectivity index (χ0n) is 17.8. The molecular weight excluding hydrogens is 434 g/mol. The van der Waals surface area contributed by atoms with Gasteiger partial charge >= 0.3 is 5.97 Å². The molecule has 0 spiro atoms. The highest BCUT2D eigenvalue weighted by atomic mass is 35.5. The number of hydrogen-bond donors (Lipinski definition) is 1. The van der Waals surface area contributed by atoms with E-state index in [4.69, 9.17) is 21.1 Å². The van der Waals surface area contributed by atoms with Crippen molar-refractivity contribution in [2.75, 3.05) is 11.9 Å². The van der Waals surface area contributed by atoms with Gasteiger partial charge in [0.05, 0.1) is 17.9 Å². The van der Waals surface area contributed by atoms with E-state index in [1.165, 1.54) is 22.9 Å². The smallest absolute Gasteiger partial charge is 0.338 e. The Hall–Kier alpha value is -3.65. The number of carbonyl (C=O) groups excluding carboxylic acids is 2. The average Bonchev–Trinajstić information content (AvgIpc) is 2.77. The van der Waals surface area contributed by atoms with Crippen LogP contribution >= 0.6 is 11.6 Å². The first-order valence-corrected chi connectivity index (χ1v) is 10.3. The first-order chi connectivity index (χ1) is 15.3. The Kier molecular flexibility index (Phi) is 7.27. The number of hydrogen-bond acceptors (Lipinski definition) is 6. The number of ether oxygens (including phenoxy) is 2. The molecule has 2 aromatic carbocycles. The monoisotopic (exact) mass is 455 g/mol. The predicted octanol–water partition coefficient (Wildman–Crippen LogP) is 3.78. The maximum absolute atomic E-state index is 12.6. The molecule has 1 atom stereocenters. The first kappa shape index (κ1) is 23.0. The Labute approximate surface area is 189 Å². The number of benzene rings is 2. The third kappa shape index (κ3) is 5.53. The van der Waals surface area contributed by atoms with E-state index in [1.54, 1.807) is 50.2 Å². The third-order valence-electron chi connectivity index (χ3n) is 4.48. The van der Waals surface area contributed by atoms with Gasteiger partial charge in [0.1, 0.15) is 0 Å². The number of esters is 1. The van der Waals surface area contributed by atoms with Gasteiger partial charge in [-0.15, -0.1) is 5.10 Å². The number of carbonyl (C=O) groups is 2. The van der Waals surface area contributed by atoms with Crippen molar-refractivity contribution in [2.24, 2.45) is 0 Å². The van der Waals surface area contributed by atoms with Crippen molar-refractivity contribution >= 4 is 29.2 Å². The topological polar surface area (TPSA) is 99.5 Å². The highest BCUT2D eigenvalue weighted by molar-refractivity contribution is 6.30. The molecule has 32 heavy (non-hydrogen) atoms. The van der Waals surface area contributed by atoms with E-state index in [0.29, 0.717) is 22.0 Å². The average molecular weight is 456 g/mol. The van der Waals surface area contributed by atoms with Crippen molar-refractivity contribution in [3.8, 4) is 11.6 Å². The molecule has 9 heteroatoms. The van der Waals surface area contributed by atoms with Crippen LogP contribution < -0.4 is 15.6 Å². The minimum atomic E-state index is -0.930. The van der Waals surface area contributed by atoms with E-state index in [9.17, 15) is 14.4 Å². The zero-order valence-corrected chi connectivity index (χ0v) is 18.6. The lowest BCUT2D eigenvalue weighted by molar-refractivity contribution is -0.122. The quantitative estimate of drug-likeness (QED) is 0.544. The molecule has 0 fully saturated rings. The van der Waals surface area contributed by atoms with Crippen LogP contribution in [0.15, 0.2) is 59.4 Å². The molecule has 3 rings (SSSR count). The normalized spacial score (nSPS) is 11.5. The summed E-state index contributed by atoms with van der Waals surface area (Å²) in [6.07, 6.45) is -0.930. The summed E-state index contributed by atoms with van der Waals surface area (Å²) in [6, 6.07) is 14.2. The van der Waals surface area contributed by atoms with Gasteiger partial charge < -0.3 is 14.8 Å². The largest absolute Gasteiger partial charge is 0.463 e. The Balaban J connectivity index is 1.75. The molecule has 0 saturated carbocycles. The van der Waals surface area contributed by atoms with Crippen LogP contribution in [0.4, 0.5) is 5.69 Å². The van der Waals surface area contributed by atoms with Crippen molar-refractivity contribution < 1.29 is 19.1 Å². The number of anilines is 1. The summed E-state index contributed by atoms with van der Waals surface area (Å²) in [5.41, 5.74) is 1.69. The lowest BCUT2D eigenvalue weighted by Crippen LogP contribution is -2.31. The van der Waals surface area contributed by atoms with Crippen LogP contribution in [-0.2, 0) is 9.53 Å². The summed E-state index contributed by atoms with van der Waals surface area (Å²) in [6.45, 7) is 5.34. The summed E-state index contributed by atoms with van der Waals surface area (Å²) >= 11 is 6.05. The van der Waals surface area contributed by atoms with Crippen molar-refractivity contribution in [1.29, 1.82) is 0 Å². The highest BCUT2D eigenvalue weighted by Crippen LogP contribution is 2.19. The molecule has 0 aliphatic rings. The molecule has 0 aliphatic carbocycles. The predicted molar refractivity (Wildman–Crippen MR) is 121 cm³/mol. The zero-order chi connectivity index (χ0) is 23.3. The van der Waals surface area contributed by atoms with Gasteiger partial charge in [0.2, 0.25) is 5.88 Å². The molecule has 8 nitrogen and oxygen atoms in total. The molecule has 0 aliphatic heterocycles. The number of nitrogens with one attached hydrogen (secondary N) is 1. The number of halogens is 1. The maximum Gasteiger partial charge on any atom is 0.338 e. The lowest BCUT2D eigenvalue weighted by Gasteiger charge is -2.15. The standard InChI is InChI=1S/C23H22ClN3O5/c1-4-31-23(30)16-6-5-7-18(12-16)25-22(29)15(3)32-20-10-11-21(28)27(26-20)19-13-17(24)9-8-14(19)2/h5-13,15H,4H2,1-3H3,(H,25,29)/t15-/m1/s1. The minimum absolute atomic E-state index is 0.0897. The number of nitrogens with zero attached hydrogens (tertiary/aromatic N) is 2. The Morgan fingerprint density at radius 3 is 2.69 bits per heavy atom. The van der Waals surface area contributed by atoms with Crippen LogP contribution in [0.25, 0.3) is 5.69 Å².